The Morgan fingerprint density at radius 1 is 1.05 bits per heavy atom. The van der Waals surface area contributed by atoms with Crippen molar-refractivity contribution in [3.8, 4) is 0 Å². The van der Waals surface area contributed by atoms with Crippen LogP contribution < -0.4 is 5.73 Å². The van der Waals surface area contributed by atoms with Gasteiger partial charge >= 0.3 is 15.2 Å². The molecule has 1 aromatic carbocycles. The topological polar surface area (TPSA) is 141 Å². The number of hydrogen-bond acceptors (Lipinski definition) is 3. The Bertz CT molecular complexity index is 561. The molecular weight excluding hydrogens is 339 g/mol. The quantitative estimate of drug-likeness (QED) is 0.518. The van der Waals surface area contributed by atoms with E-state index in [1.165, 1.54) is 18.2 Å². The van der Waals surface area contributed by atoms with Crippen LogP contribution in [0.15, 0.2) is 18.2 Å². The highest BCUT2D eigenvalue weighted by Crippen LogP contribution is 2.66. The number of hydrogen-bond donors (Lipinski definition) is 5. The first-order valence-electron chi connectivity index (χ1n) is 4.72. The third kappa shape index (κ3) is 3.58. The molecule has 0 aromatic heterocycles. The van der Waals surface area contributed by atoms with Gasteiger partial charge in [-0.25, -0.2) is 0 Å². The first-order chi connectivity index (χ1) is 8.38. The lowest BCUT2D eigenvalue weighted by Crippen LogP contribution is -2.41. The van der Waals surface area contributed by atoms with Crippen LogP contribution in [0.2, 0.25) is 10.0 Å². The fraction of sp³-hybridized carbons (Fsp3) is 0.250. The van der Waals surface area contributed by atoms with E-state index < -0.39 is 26.6 Å². The highest BCUT2D eigenvalue weighted by molar-refractivity contribution is 7.72. The van der Waals surface area contributed by atoms with Gasteiger partial charge in [0, 0.05) is 6.42 Å². The summed E-state index contributed by atoms with van der Waals surface area (Å²) in [7, 11) is -10.5. The van der Waals surface area contributed by atoms with Crippen molar-refractivity contribution in [2.75, 3.05) is 0 Å². The van der Waals surface area contributed by atoms with Crippen molar-refractivity contribution < 1.29 is 28.7 Å². The van der Waals surface area contributed by atoms with E-state index in [9.17, 15) is 9.13 Å². The van der Waals surface area contributed by atoms with E-state index in [1.54, 1.807) is 0 Å². The summed E-state index contributed by atoms with van der Waals surface area (Å²) in [5.41, 5.74) is 5.41. The molecule has 0 aliphatic carbocycles. The molecular formula is C8H11Cl2NO6P2. The summed E-state index contributed by atoms with van der Waals surface area (Å²) in [5, 5.41) is -2.73. The summed E-state index contributed by atoms with van der Waals surface area (Å²) >= 11 is 11.4. The van der Waals surface area contributed by atoms with Crippen molar-refractivity contribution in [1.29, 1.82) is 0 Å². The molecule has 0 saturated heterocycles. The molecule has 19 heavy (non-hydrogen) atoms. The molecule has 6 N–H and O–H groups in total. The maximum absolute atomic E-state index is 11.3. The Kier molecular flexibility index (Phi) is 4.91. The maximum Gasteiger partial charge on any atom is 0.357 e. The Labute approximate surface area is 118 Å². The van der Waals surface area contributed by atoms with Crippen LogP contribution in [0.5, 0.6) is 0 Å². The molecule has 1 aromatic rings. The van der Waals surface area contributed by atoms with Crippen molar-refractivity contribution >= 4 is 38.4 Å². The lowest BCUT2D eigenvalue weighted by Gasteiger charge is -2.30. The van der Waals surface area contributed by atoms with Crippen LogP contribution in [0.4, 0.5) is 0 Å². The van der Waals surface area contributed by atoms with E-state index in [0.717, 1.165) is 0 Å². The summed E-state index contributed by atoms with van der Waals surface area (Å²) in [6.45, 7) is 0. The van der Waals surface area contributed by atoms with Gasteiger partial charge in [0.15, 0.2) is 0 Å². The lowest BCUT2D eigenvalue weighted by molar-refractivity contribution is 0.307. The molecule has 0 saturated carbocycles. The minimum absolute atomic E-state index is 0.0814. The van der Waals surface area contributed by atoms with Gasteiger partial charge in [-0.2, -0.15) is 0 Å². The van der Waals surface area contributed by atoms with Gasteiger partial charge in [0.25, 0.3) is 0 Å². The normalized spacial score (nSPS) is 13.6. The van der Waals surface area contributed by atoms with Crippen molar-refractivity contribution in [2.45, 2.75) is 11.4 Å². The molecule has 0 fully saturated rings. The number of rotatable bonds is 4. The van der Waals surface area contributed by atoms with Crippen LogP contribution in [-0.2, 0) is 15.6 Å². The smallest absolute Gasteiger partial charge is 0.323 e. The SMILES string of the molecule is NC(Cc1ccc(Cl)c(Cl)c1)(P(=O)(O)O)P(=O)(O)O. The van der Waals surface area contributed by atoms with Gasteiger partial charge in [0.05, 0.1) is 10.0 Å². The molecule has 11 heteroatoms. The molecule has 0 atom stereocenters. The standard InChI is InChI=1S/C8H11Cl2NO6P2/c9-6-2-1-5(3-7(6)10)4-8(11,18(12,13)14)19(15,16)17/h1-3H,4,11H2,(H2,12,13,14)(H2,15,16,17). The Morgan fingerprint density at radius 3 is 1.89 bits per heavy atom. The Balaban J connectivity index is 3.28. The second-order valence-electron chi connectivity index (χ2n) is 3.89. The molecule has 0 spiro atoms. The van der Waals surface area contributed by atoms with Crippen LogP contribution in [0, 0.1) is 0 Å². The van der Waals surface area contributed by atoms with E-state index >= 15 is 0 Å². The van der Waals surface area contributed by atoms with Gasteiger partial charge in [-0.05, 0) is 17.7 Å². The third-order valence-corrected chi connectivity index (χ3v) is 7.09. The second-order valence-corrected chi connectivity index (χ2v) is 8.83. The van der Waals surface area contributed by atoms with Crippen LogP contribution in [0.1, 0.15) is 5.56 Å². The fourth-order valence-electron chi connectivity index (χ4n) is 1.33. The third-order valence-electron chi connectivity index (χ3n) is 2.46. The second kappa shape index (κ2) is 5.45. The van der Waals surface area contributed by atoms with E-state index in [0.29, 0.717) is 0 Å². The van der Waals surface area contributed by atoms with Crippen molar-refractivity contribution in [1.82, 2.24) is 0 Å². The maximum atomic E-state index is 11.3. The monoisotopic (exact) mass is 349 g/mol. The molecule has 0 aliphatic rings. The first kappa shape index (κ1) is 17.1. The zero-order valence-electron chi connectivity index (χ0n) is 9.27. The zero-order chi connectivity index (χ0) is 15.1. The number of nitrogens with two attached hydrogens (primary N) is 1. The zero-order valence-corrected chi connectivity index (χ0v) is 12.6. The molecule has 0 heterocycles. The summed E-state index contributed by atoms with van der Waals surface area (Å²) in [5.74, 6) is 0. The predicted molar refractivity (Wildman–Crippen MR) is 71.2 cm³/mol. The van der Waals surface area contributed by atoms with Gasteiger partial charge in [0.1, 0.15) is 0 Å². The average Bonchev–Trinajstić information content (AvgIpc) is 2.20. The Morgan fingerprint density at radius 2 is 1.53 bits per heavy atom. The van der Waals surface area contributed by atoms with Gasteiger partial charge in [0.2, 0.25) is 5.02 Å². The largest absolute Gasteiger partial charge is 0.357 e. The van der Waals surface area contributed by atoms with Crippen LogP contribution in [0.3, 0.4) is 0 Å². The van der Waals surface area contributed by atoms with Gasteiger partial charge in [-0.3, -0.25) is 9.13 Å². The molecule has 7 nitrogen and oxygen atoms in total. The van der Waals surface area contributed by atoms with Crippen LogP contribution >= 0.6 is 38.4 Å². The summed E-state index contributed by atoms with van der Waals surface area (Å²) in [4.78, 5) is 36.4. The molecule has 0 radical (unpaired) electrons. The Hall–Kier alpha value is 0.0600. The van der Waals surface area contributed by atoms with E-state index in [2.05, 4.69) is 0 Å². The van der Waals surface area contributed by atoms with Crippen molar-refractivity contribution in [2.24, 2.45) is 5.73 Å². The van der Waals surface area contributed by atoms with Gasteiger partial charge in [-0.15, -0.1) is 0 Å². The first-order valence-corrected chi connectivity index (χ1v) is 8.70. The lowest BCUT2D eigenvalue weighted by atomic mass is 10.1. The molecule has 0 aliphatic heterocycles. The van der Waals surface area contributed by atoms with Crippen LogP contribution in [-0.4, -0.2) is 24.6 Å². The van der Waals surface area contributed by atoms with Crippen molar-refractivity contribution in [3.63, 3.8) is 0 Å². The van der Waals surface area contributed by atoms with E-state index in [-0.39, 0.29) is 15.6 Å². The van der Waals surface area contributed by atoms with Crippen molar-refractivity contribution in [3.05, 3.63) is 33.8 Å². The molecule has 0 bridgehead atoms. The van der Waals surface area contributed by atoms with E-state index in [1.807, 2.05) is 0 Å². The number of benzene rings is 1. The number of halogens is 2. The fourth-order valence-corrected chi connectivity index (χ4v) is 3.78. The molecule has 108 valence electrons. The predicted octanol–water partition coefficient (Wildman–Crippen LogP) is 1.50. The summed E-state index contributed by atoms with van der Waals surface area (Å²) in [6, 6.07) is 3.89. The van der Waals surface area contributed by atoms with Gasteiger partial charge < -0.3 is 25.3 Å². The molecule has 0 amide bonds. The minimum Gasteiger partial charge on any atom is -0.323 e. The summed E-state index contributed by atoms with van der Waals surface area (Å²) in [6.07, 6.45) is -0.752. The van der Waals surface area contributed by atoms with Gasteiger partial charge in [-0.1, -0.05) is 29.3 Å². The minimum atomic E-state index is -5.26. The van der Waals surface area contributed by atoms with E-state index in [4.69, 9.17) is 48.5 Å². The molecule has 1 rings (SSSR count). The highest BCUT2D eigenvalue weighted by atomic mass is 35.5. The average molecular weight is 350 g/mol. The van der Waals surface area contributed by atoms with Crippen LogP contribution in [0.25, 0.3) is 0 Å². The summed E-state index contributed by atoms with van der Waals surface area (Å²) < 4.78 is 22.5. The highest BCUT2D eigenvalue weighted by Gasteiger charge is 2.57. The molecule has 0 unspecified atom stereocenters.